The predicted octanol–water partition coefficient (Wildman–Crippen LogP) is 2.35. The molecule has 1 aromatic carbocycles. The van der Waals surface area contributed by atoms with Crippen molar-refractivity contribution in [2.45, 2.75) is 39.8 Å². The van der Waals surface area contributed by atoms with Gasteiger partial charge in [0, 0.05) is 18.7 Å². The summed E-state index contributed by atoms with van der Waals surface area (Å²) in [6.45, 7) is 8.19. The van der Waals surface area contributed by atoms with Crippen LogP contribution in [0.3, 0.4) is 0 Å². The lowest BCUT2D eigenvalue weighted by molar-refractivity contribution is 0.249. The molecule has 2 rings (SSSR count). The van der Waals surface area contributed by atoms with Crippen molar-refractivity contribution in [1.29, 1.82) is 0 Å². The fraction of sp³-hybridized carbons (Fsp3) is 0.600. The lowest BCUT2D eigenvalue weighted by atomic mass is 9.96. The minimum atomic E-state index is 0.0568. The average molecular weight is 249 g/mol. The van der Waals surface area contributed by atoms with Crippen molar-refractivity contribution < 1.29 is 9.84 Å². The van der Waals surface area contributed by atoms with Gasteiger partial charge in [-0.3, -0.25) is 4.90 Å². The van der Waals surface area contributed by atoms with E-state index >= 15 is 0 Å². The topological polar surface area (TPSA) is 32.7 Å². The second-order valence-corrected chi connectivity index (χ2v) is 4.85. The highest BCUT2D eigenvalue weighted by atomic mass is 16.5. The van der Waals surface area contributed by atoms with Gasteiger partial charge in [0.05, 0.1) is 13.2 Å². The highest BCUT2D eigenvalue weighted by Gasteiger charge is 2.18. The Kier molecular flexibility index (Phi) is 4.61. The summed E-state index contributed by atoms with van der Waals surface area (Å²) in [6.07, 6.45) is 2.27. The van der Waals surface area contributed by atoms with Gasteiger partial charge in [-0.1, -0.05) is 6.92 Å². The number of nitrogens with zero attached hydrogens (tertiary/aromatic N) is 1. The zero-order valence-electron chi connectivity index (χ0n) is 11.4. The van der Waals surface area contributed by atoms with E-state index < -0.39 is 0 Å². The molecular weight excluding hydrogens is 226 g/mol. The maximum absolute atomic E-state index is 9.39. The van der Waals surface area contributed by atoms with Crippen molar-refractivity contribution in [2.24, 2.45) is 0 Å². The third-order valence-electron chi connectivity index (χ3n) is 3.48. The minimum Gasteiger partial charge on any atom is -0.493 e. The highest BCUT2D eigenvalue weighted by molar-refractivity contribution is 5.43. The first-order valence-electron chi connectivity index (χ1n) is 6.89. The summed E-state index contributed by atoms with van der Waals surface area (Å²) < 4.78 is 5.61. The van der Waals surface area contributed by atoms with Gasteiger partial charge in [-0.05, 0) is 49.6 Å². The van der Waals surface area contributed by atoms with Crippen molar-refractivity contribution >= 4 is 0 Å². The van der Waals surface area contributed by atoms with E-state index in [9.17, 15) is 5.11 Å². The molecule has 0 unspecified atom stereocenters. The Morgan fingerprint density at radius 2 is 2.11 bits per heavy atom. The van der Waals surface area contributed by atoms with Crippen LogP contribution in [0.15, 0.2) is 12.1 Å². The number of hydrogen-bond acceptors (Lipinski definition) is 3. The van der Waals surface area contributed by atoms with Crippen molar-refractivity contribution in [2.75, 3.05) is 19.7 Å². The van der Waals surface area contributed by atoms with Crippen molar-refractivity contribution in [3.8, 4) is 5.75 Å². The Morgan fingerprint density at radius 1 is 1.28 bits per heavy atom. The van der Waals surface area contributed by atoms with Crippen LogP contribution >= 0.6 is 0 Å². The van der Waals surface area contributed by atoms with Crippen LogP contribution in [-0.4, -0.2) is 29.7 Å². The SMILES string of the molecule is CCCN1CCc2cc(CO)c(OCC)cc2C1. The predicted molar refractivity (Wildman–Crippen MR) is 72.8 cm³/mol. The van der Waals surface area contributed by atoms with E-state index in [1.54, 1.807) is 0 Å². The second kappa shape index (κ2) is 6.21. The van der Waals surface area contributed by atoms with Gasteiger partial charge in [-0.15, -0.1) is 0 Å². The van der Waals surface area contributed by atoms with E-state index in [0.29, 0.717) is 6.61 Å². The Bertz CT molecular complexity index is 404. The lowest BCUT2D eigenvalue weighted by Crippen LogP contribution is -2.31. The molecule has 1 aliphatic rings. The van der Waals surface area contributed by atoms with Gasteiger partial charge in [0.2, 0.25) is 0 Å². The molecule has 1 N–H and O–H groups in total. The monoisotopic (exact) mass is 249 g/mol. The molecule has 0 aromatic heterocycles. The number of aliphatic hydroxyl groups excluding tert-OH is 1. The first-order chi connectivity index (χ1) is 8.78. The molecule has 100 valence electrons. The van der Waals surface area contributed by atoms with Crippen molar-refractivity contribution in [3.05, 3.63) is 28.8 Å². The molecule has 1 heterocycles. The molecule has 3 nitrogen and oxygen atoms in total. The quantitative estimate of drug-likeness (QED) is 0.869. The largest absolute Gasteiger partial charge is 0.493 e. The normalized spacial score (nSPS) is 15.5. The molecule has 18 heavy (non-hydrogen) atoms. The molecule has 3 heteroatoms. The van der Waals surface area contributed by atoms with Gasteiger partial charge in [0.1, 0.15) is 5.75 Å². The van der Waals surface area contributed by atoms with E-state index in [4.69, 9.17) is 4.74 Å². The van der Waals surface area contributed by atoms with Crippen molar-refractivity contribution in [3.63, 3.8) is 0 Å². The molecular formula is C15H23NO2. The zero-order chi connectivity index (χ0) is 13.0. The molecule has 0 aliphatic carbocycles. The van der Waals surface area contributed by atoms with Crippen LogP contribution in [0.5, 0.6) is 5.75 Å². The molecule has 0 saturated carbocycles. The highest BCUT2D eigenvalue weighted by Crippen LogP contribution is 2.28. The third-order valence-corrected chi connectivity index (χ3v) is 3.48. The average Bonchev–Trinajstić information content (AvgIpc) is 2.38. The van der Waals surface area contributed by atoms with Gasteiger partial charge < -0.3 is 9.84 Å². The molecule has 0 spiro atoms. The molecule has 1 aromatic rings. The Balaban J connectivity index is 2.24. The summed E-state index contributed by atoms with van der Waals surface area (Å²) in [5.74, 6) is 0.845. The second-order valence-electron chi connectivity index (χ2n) is 4.85. The first kappa shape index (κ1) is 13.4. The Hall–Kier alpha value is -1.06. The molecule has 0 atom stereocenters. The maximum atomic E-state index is 9.39. The van der Waals surface area contributed by atoms with Crippen LogP contribution in [0.2, 0.25) is 0 Å². The van der Waals surface area contributed by atoms with Crippen LogP contribution in [0, 0.1) is 0 Å². The maximum Gasteiger partial charge on any atom is 0.125 e. The van der Waals surface area contributed by atoms with Crippen LogP contribution in [0.4, 0.5) is 0 Å². The van der Waals surface area contributed by atoms with Crippen LogP contribution in [-0.2, 0) is 19.6 Å². The van der Waals surface area contributed by atoms with Gasteiger partial charge in [0.15, 0.2) is 0 Å². The summed E-state index contributed by atoms with van der Waals surface area (Å²) in [7, 11) is 0. The van der Waals surface area contributed by atoms with Crippen LogP contribution < -0.4 is 4.74 Å². The fourth-order valence-corrected chi connectivity index (χ4v) is 2.62. The molecule has 0 radical (unpaired) electrons. The van der Waals surface area contributed by atoms with Crippen LogP contribution in [0.25, 0.3) is 0 Å². The van der Waals surface area contributed by atoms with E-state index in [-0.39, 0.29) is 6.61 Å². The van der Waals surface area contributed by atoms with Crippen LogP contribution in [0.1, 0.15) is 37.0 Å². The number of hydrogen-bond donors (Lipinski definition) is 1. The third kappa shape index (κ3) is 2.85. The summed E-state index contributed by atoms with van der Waals surface area (Å²) in [5, 5.41) is 9.39. The number of benzene rings is 1. The smallest absolute Gasteiger partial charge is 0.125 e. The number of aliphatic hydroxyl groups is 1. The van der Waals surface area contributed by atoms with E-state index in [2.05, 4.69) is 24.0 Å². The van der Waals surface area contributed by atoms with Gasteiger partial charge in [-0.2, -0.15) is 0 Å². The van der Waals surface area contributed by atoms with E-state index in [1.807, 2.05) is 6.92 Å². The molecule has 1 aliphatic heterocycles. The van der Waals surface area contributed by atoms with E-state index in [1.165, 1.54) is 17.5 Å². The fourth-order valence-electron chi connectivity index (χ4n) is 2.62. The summed E-state index contributed by atoms with van der Waals surface area (Å²) >= 11 is 0. The Labute approximate surface area is 109 Å². The number of rotatable bonds is 5. The molecule has 0 amide bonds. The lowest BCUT2D eigenvalue weighted by Gasteiger charge is -2.29. The zero-order valence-corrected chi connectivity index (χ0v) is 11.4. The van der Waals surface area contributed by atoms with Gasteiger partial charge in [-0.25, -0.2) is 0 Å². The molecule has 0 saturated heterocycles. The van der Waals surface area contributed by atoms with Gasteiger partial charge in [0.25, 0.3) is 0 Å². The summed E-state index contributed by atoms with van der Waals surface area (Å²) in [5.41, 5.74) is 3.64. The summed E-state index contributed by atoms with van der Waals surface area (Å²) in [4.78, 5) is 2.48. The summed E-state index contributed by atoms with van der Waals surface area (Å²) in [6, 6.07) is 4.23. The minimum absolute atomic E-state index is 0.0568. The van der Waals surface area contributed by atoms with E-state index in [0.717, 1.165) is 37.4 Å². The number of fused-ring (bicyclic) bond motifs is 1. The first-order valence-corrected chi connectivity index (χ1v) is 6.89. The standard InChI is InChI=1S/C15H23NO2/c1-3-6-16-7-5-12-8-14(11-17)15(18-4-2)9-13(12)10-16/h8-9,17H,3-7,10-11H2,1-2H3. The molecule has 0 bridgehead atoms. The van der Waals surface area contributed by atoms with Gasteiger partial charge >= 0.3 is 0 Å². The Morgan fingerprint density at radius 3 is 2.78 bits per heavy atom. The van der Waals surface area contributed by atoms with Crippen molar-refractivity contribution in [1.82, 2.24) is 4.90 Å². The number of ether oxygens (including phenoxy) is 1. The molecule has 0 fully saturated rings.